The number of ether oxygens (including phenoxy) is 4. The topological polar surface area (TPSA) is 96.3 Å². The van der Waals surface area contributed by atoms with Crippen LogP contribution in [0.5, 0.6) is 11.5 Å². The Balaban J connectivity index is 2.02. The van der Waals surface area contributed by atoms with Crippen molar-refractivity contribution in [1.82, 2.24) is 9.47 Å². The summed E-state index contributed by atoms with van der Waals surface area (Å²) in [5, 5.41) is 0. The zero-order chi connectivity index (χ0) is 24.7. The second kappa shape index (κ2) is 11.7. The third-order valence-electron chi connectivity index (χ3n) is 4.82. The van der Waals surface area contributed by atoms with E-state index < -0.39 is 18.1 Å². The molecule has 1 amide bonds. The molecular formula is C22H24F2N2O7S. The maximum atomic E-state index is 13.1. The summed E-state index contributed by atoms with van der Waals surface area (Å²) in [5.41, 5.74) is 0.000175. The van der Waals surface area contributed by atoms with Crippen LogP contribution in [-0.2, 0) is 25.6 Å². The Hall–Kier alpha value is -3.25. The van der Waals surface area contributed by atoms with E-state index in [1.165, 1.54) is 42.0 Å². The normalized spacial score (nSPS) is 15.0. The van der Waals surface area contributed by atoms with E-state index >= 15 is 0 Å². The van der Waals surface area contributed by atoms with Gasteiger partial charge in [0, 0.05) is 13.1 Å². The van der Waals surface area contributed by atoms with Crippen molar-refractivity contribution < 1.29 is 37.3 Å². The lowest BCUT2D eigenvalue weighted by Gasteiger charge is -2.26. The molecule has 0 N–H and O–H groups in total. The summed E-state index contributed by atoms with van der Waals surface area (Å²) in [7, 11) is 1.30. The second-order valence-corrected chi connectivity index (χ2v) is 8.08. The van der Waals surface area contributed by atoms with Crippen LogP contribution in [0, 0.1) is 0 Å². The summed E-state index contributed by atoms with van der Waals surface area (Å²) < 4.78 is 46.6. The zero-order valence-corrected chi connectivity index (χ0v) is 19.4. The van der Waals surface area contributed by atoms with Gasteiger partial charge in [0.05, 0.1) is 37.5 Å². The summed E-state index contributed by atoms with van der Waals surface area (Å²) >= 11 is 1.00. The van der Waals surface area contributed by atoms with Gasteiger partial charge < -0.3 is 23.8 Å². The average molecular weight is 499 g/mol. The average Bonchev–Trinajstić information content (AvgIpc) is 3.09. The quantitative estimate of drug-likeness (QED) is 0.491. The smallest absolute Gasteiger partial charge is 0.387 e. The van der Waals surface area contributed by atoms with Gasteiger partial charge in [0.1, 0.15) is 11.2 Å². The molecule has 0 radical (unpaired) electrons. The Kier molecular flexibility index (Phi) is 8.77. The van der Waals surface area contributed by atoms with E-state index in [0.717, 1.165) is 11.3 Å². The van der Waals surface area contributed by atoms with Crippen molar-refractivity contribution in [2.24, 2.45) is 0 Å². The number of alkyl halides is 2. The molecule has 1 aliphatic heterocycles. The highest BCUT2D eigenvalue weighted by molar-refractivity contribution is 7.07. The molecule has 1 fully saturated rings. The van der Waals surface area contributed by atoms with Crippen LogP contribution in [0.3, 0.4) is 0 Å². The molecule has 12 heteroatoms. The van der Waals surface area contributed by atoms with E-state index in [2.05, 4.69) is 4.74 Å². The largest absolute Gasteiger partial charge is 0.493 e. The summed E-state index contributed by atoms with van der Waals surface area (Å²) in [5.74, 6) is -1.00. The summed E-state index contributed by atoms with van der Waals surface area (Å²) in [4.78, 5) is 39.5. The number of hydrogen-bond donors (Lipinski definition) is 0. The van der Waals surface area contributed by atoms with E-state index in [0.29, 0.717) is 31.9 Å². The van der Waals surface area contributed by atoms with Crippen LogP contribution in [0.25, 0.3) is 12.2 Å². The van der Waals surface area contributed by atoms with Crippen LogP contribution in [0.1, 0.15) is 12.5 Å². The first-order chi connectivity index (χ1) is 16.3. The number of benzene rings is 1. The summed E-state index contributed by atoms with van der Waals surface area (Å²) in [6, 6.07) is 4.22. The molecule has 1 aliphatic rings. The van der Waals surface area contributed by atoms with Crippen molar-refractivity contribution in [2.45, 2.75) is 20.1 Å². The van der Waals surface area contributed by atoms with Crippen LogP contribution >= 0.6 is 11.3 Å². The Morgan fingerprint density at radius 1 is 1.24 bits per heavy atom. The number of methoxy groups -OCH3 is 1. The van der Waals surface area contributed by atoms with E-state index in [1.807, 2.05) is 0 Å². The number of amides is 1. The van der Waals surface area contributed by atoms with Crippen LogP contribution in [0.4, 0.5) is 8.78 Å². The van der Waals surface area contributed by atoms with Gasteiger partial charge in [-0.15, -0.1) is 11.3 Å². The minimum Gasteiger partial charge on any atom is -0.493 e. The third kappa shape index (κ3) is 6.41. The van der Waals surface area contributed by atoms with Crippen molar-refractivity contribution >= 4 is 35.4 Å². The first kappa shape index (κ1) is 25.4. The number of esters is 1. The molecule has 2 aromatic rings. The van der Waals surface area contributed by atoms with E-state index in [4.69, 9.17) is 14.2 Å². The van der Waals surface area contributed by atoms with Gasteiger partial charge in [0.25, 0.3) is 5.56 Å². The van der Waals surface area contributed by atoms with Crippen LogP contribution in [-0.4, -0.2) is 68.0 Å². The lowest BCUT2D eigenvalue weighted by molar-refractivity contribution is -0.136. The van der Waals surface area contributed by atoms with E-state index in [9.17, 15) is 23.2 Å². The molecule has 0 aliphatic carbocycles. The Morgan fingerprint density at radius 2 is 1.97 bits per heavy atom. The van der Waals surface area contributed by atoms with Crippen molar-refractivity contribution in [3.63, 3.8) is 0 Å². The van der Waals surface area contributed by atoms with Crippen molar-refractivity contribution in [1.29, 1.82) is 0 Å². The minimum absolute atomic E-state index is 0.0618. The predicted octanol–water partition coefficient (Wildman–Crippen LogP) is 0.551. The molecule has 9 nitrogen and oxygen atoms in total. The molecule has 0 saturated carbocycles. The Morgan fingerprint density at radius 3 is 2.62 bits per heavy atom. The predicted molar refractivity (Wildman–Crippen MR) is 120 cm³/mol. The van der Waals surface area contributed by atoms with Crippen LogP contribution < -0.4 is 24.2 Å². The number of carbonyl (C=O) groups excluding carboxylic acids is 2. The number of morpholine rings is 1. The molecule has 1 aromatic heterocycles. The molecule has 0 unspecified atom stereocenters. The Labute approximate surface area is 197 Å². The maximum absolute atomic E-state index is 13.1. The Bertz CT molecular complexity index is 1200. The molecule has 184 valence electrons. The van der Waals surface area contributed by atoms with Gasteiger partial charge in [-0.3, -0.25) is 14.2 Å². The highest BCUT2D eigenvalue weighted by atomic mass is 32.1. The van der Waals surface area contributed by atoms with Gasteiger partial charge in [-0.25, -0.2) is 4.79 Å². The van der Waals surface area contributed by atoms with Crippen molar-refractivity contribution in [3.8, 4) is 11.5 Å². The first-order valence-corrected chi connectivity index (χ1v) is 11.2. The van der Waals surface area contributed by atoms with Crippen molar-refractivity contribution in [2.75, 3.05) is 40.0 Å². The van der Waals surface area contributed by atoms with Gasteiger partial charge in [0.15, 0.2) is 11.5 Å². The van der Waals surface area contributed by atoms with Gasteiger partial charge in [-0.1, -0.05) is 6.07 Å². The monoisotopic (exact) mass is 498 g/mol. The molecular weight excluding hydrogens is 474 g/mol. The summed E-state index contributed by atoms with van der Waals surface area (Å²) in [6.07, 6.45) is 2.68. The lowest BCUT2D eigenvalue weighted by Crippen LogP contribution is -2.45. The van der Waals surface area contributed by atoms with Crippen molar-refractivity contribution in [3.05, 3.63) is 43.3 Å². The van der Waals surface area contributed by atoms with Crippen LogP contribution in [0.2, 0.25) is 0 Å². The maximum Gasteiger partial charge on any atom is 0.387 e. The fourth-order valence-electron chi connectivity index (χ4n) is 3.24. The second-order valence-electron chi connectivity index (χ2n) is 7.02. The number of halogens is 2. The lowest BCUT2D eigenvalue weighted by atomic mass is 10.2. The SMILES string of the molecule is CCOC(=O)/C=c1\s/c(=C\c2ccc(OC(F)F)c(OC)c2)c(=O)n1CC(=O)N1CCOCC1. The van der Waals surface area contributed by atoms with Crippen LogP contribution in [0.15, 0.2) is 23.0 Å². The standard InChI is InChI=1S/C22H24F2N2O7S/c1-3-32-20(28)12-19-26(13-18(27)25-6-8-31-9-7-25)21(29)17(34-19)11-14-4-5-15(33-22(23)24)16(10-14)30-2/h4-5,10-12,22H,3,6-9,13H2,1-2H3/b17-11-,19-12-. The molecule has 3 rings (SSSR count). The van der Waals surface area contributed by atoms with E-state index in [-0.39, 0.29) is 39.8 Å². The van der Waals surface area contributed by atoms with Gasteiger partial charge in [-0.05, 0) is 30.7 Å². The fraction of sp³-hybridized carbons (Fsp3) is 0.409. The zero-order valence-electron chi connectivity index (χ0n) is 18.6. The first-order valence-electron chi connectivity index (χ1n) is 10.4. The molecule has 0 bridgehead atoms. The molecule has 1 saturated heterocycles. The third-order valence-corrected chi connectivity index (χ3v) is 5.88. The number of nitrogens with zero attached hydrogens (tertiary/aromatic N) is 2. The number of hydrogen-bond acceptors (Lipinski definition) is 8. The number of rotatable bonds is 8. The molecule has 0 spiro atoms. The summed E-state index contributed by atoms with van der Waals surface area (Å²) in [6.45, 7) is 0.210. The number of carbonyl (C=O) groups is 2. The number of aromatic nitrogens is 1. The van der Waals surface area contributed by atoms with E-state index in [1.54, 1.807) is 11.8 Å². The molecule has 0 atom stereocenters. The minimum atomic E-state index is -3.02. The highest BCUT2D eigenvalue weighted by Crippen LogP contribution is 2.29. The van der Waals surface area contributed by atoms with Gasteiger partial charge in [0.2, 0.25) is 5.91 Å². The molecule has 34 heavy (non-hydrogen) atoms. The van der Waals surface area contributed by atoms with Gasteiger partial charge in [-0.2, -0.15) is 8.78 Å². The molecule has 2 heterocycles. The van der Waals surface area contributed by atoms with Gasteiger partial charge >= 0.3 is 12.6 Å². The highest BCUT2D eigenvalue weighted by Gasteiger charge is 2.19. The number of thiazole rings is 1. The fourth-order valence-corrected chi connectivity index (χ4v) is 4.27. The molecule has 1 aromatic carbocycles.